The van der Waals surface area contributed by atoms with Gasteiger partial charge in [-0.2, -0.15) is 0 Å². The fourth-order valence-electron chi connectivity index (χ4n) is 0. The molecule has 2 radical (unpaired) electrons. The van der Waals surface area contributed by atoms with Gasteiger partial charge in [0.25, 0.3) is 0 Å². The Kier molecular flexibility index (Phi) is 602. The normalized spacial score (nSPS) is 0. The van der Waals surface area contributed by atoms with E-state index in [2.05, 4.69) is 0 Å². The van der Waals surface area contributed by atoms with Gasteiger partial charge < -0.3 is 16.4 Å². The molecular weight excluding hydrogens is 142 g/mol. The Morgan fingerprint density at radius 2 is 0.500 bits per heavy atom. The van der Waals surface area contributed by atoms with E-state index in [9.17, 15) is 0 Å². The Labute approximate surface area is 95.6 Å². The van der Waals surface area contributed by atoms with Crippen LogP contribution in [0.4, 0.5) is 0 Å². The minimum absolute atomic E-state index is 0. The van der Waals surface area contributed by atoms with Crippen molar-refractivity contribution in [2.24, 2.45) is 0 Å². The second-order valence-corrected chi connectivity index (χ2v) is 0. The molecule has 0 saturated heterocycles. The summed E-state index contributed by atoms with van der Waals surface area (Å²) in [5.41, 5.74) is 0. The van der Waals surface area contributed by atoms with Crippen LogP contribution >= 0.6 is 0 Å². The van der Waals surface area contributed by atoms with Gasteiger partial charge in [-0.25, -0.2) is 0 Å². The van der Waals surface area contributed by atoms with Gasteiger partial charge in [-0.15, -0.1) is 0 Å². The zero-order valence-corrected chi connectivity index (χ0v) is 9.56. The third kappa shape index (κ3) is 30.7. The van der Waals surface area contributed by atoms with Gasteiger partial charge in [0.05, 0.1) is 0 Å². The van der Waals surface area contributed by atoms with Crippen LogP contribution in [-0.4, -0.2) is 75.5 Å². The molecule has 6 heteroatoms. The van der Waals surface area contributed by atoms with E-state index in [1.807, 2.05) is 0 Å². The van der Waals surface area contributed by atoms with E-state index in [-0.39, 0.29) is 97.3 Å². The number of hydrogen-bond acceptors (Lipinski definition) is 0. The van der Waals surface area contributed by atoms with Gasteiger partial charge in [0.2, 0.25) is 0 Å². The van der Waals surface area contributed by atoms with Crippen molar-refractivity contribution in [1.29, 1.82) is 0 Å². The Morgan fingerprint density at radius 3 is 0.500 bits per heavy atom. The monoisotopic (exact) mass is 148 g/mol. The maximum atomic E-state index is 0. The van der Waals surface area contributed by atoms with E-state index in [1.165, 1.54) is 0 Å². The van der Waals surface area contributed by atoms with Crippen molar-refractivity contribution < 1.29 is 38.1 Å². The van der Waals surface area contributed by atoms with Gasteiger partial charge in [0.15, 0.2) is 0 Å². The molecule has 3 nitrogen and oxygen atoms in total. The van der Waals surface area contributed by atoms with Crippen LogP contribution in [0.1, 0.15) is 0 Å². The molecule has 0 spiro atoms. The van der Waals surface area contributed by atoms with Crippen molar-refractivity contribution in [3.63, 3.8) is 0 Å². The van der Waals surface area contributed by atoms with Crippen LogP contribution in [-0.2, 0) is 21.7 Å². The van der Waals surface area contributed by atoms with Gasteiger partial charge in [0.1, 0.15) is 0 Å². The maximum Gasteiger partial charge on any atom is 0 e. The Bertz CT molecular complexity index is 8.75. The summed E-state index contributed by atoms with van der Waals surface area (Å²) in [6.45, 7) is 0. The van der Waals surface area contributed by atoms with Gasteiger partial charge in [0, 0.05) is 80.8 Å². The van der Waals surface area contributed by atoms with Gasteiger partial charge in [-0.3, -0.25) is 0 Å². The Balaban J connectivity index is 0. The predicted octanol–water partition coefficient (Wildman–Crippen LogP) is -3.24. The summed E-state index contributed by atoms with van der Waals surface area (Å²) in [4.78, 5) is 0. The third-order valence-corrected chi connectivity index (χ3v) is 0. The molecule has 0 rings (SSSR count). The van der Waals surface area contributed by atoms with Crippen molar-refractivity contribution in [1.82, 2.24) is 0 Å². The molecule has 0 bridgehead atoms. The van der Waals surface area contributed by atoms with Crippen LogP contribution in [0.2, 0.25) is 0 Å². The van der Waals surface area contributed by atoms with Crippen LogP contribution in [0.3, 0.4) is 0 Å². The van der Waals surface area contributed by atoms with Crippen LogP contribution in [0.5, 0.6) is 0 Å². The van der Waals surface area contributed by atoms with Crippen molar-refractivity contribution in [2.45, 2.75) is 0 Å². The summed E-state index contributed by atoms with van der Waals surface area (Å²) in [7, 11) is 0. The standard InChI is InChI=1S/2Na.3H2O.Ti/h;;3*1H2;. The summed E-state index contributed by atoms with van der Waals surface area (Å²) in [6, 6.07) is 0. The largest absolute Gasteiger partial charge is 0.412 e. The van der Waals surface area contributed by atoms with Gasteiger partial charge in [-0.05, 0) is 0 Å². The second-order valence-electron chi connectivity index (χ2n) is 0. The molecule has 0 atom stereocenters. The minimum atomic E-state index is 0. The molecule has 0 aromatic carbocycles. The van der Waals surface area contributed by atoms with E-state index in [1.54, 1.807) is 0 Å². The van der Waals surface area contributed by atoms with Crippen molar-refractivity contribution in [3.8, 4) is 0 Å². The Hall–Kier alpha value is 2.59. The first-order chi connectivity index (χ1) is 0. The van der Waals surface area contributed by atoms with Crippen LogP contribution in [0, 0.1) is 0 Å². The molecule has 0 saturated carbocycles. The molecular formula is H6Na2O3Ti. The molecule has 0 fully saturated rings. The molecule has 6 heavy (non-hydrogen) atoms. The zero-order chi connectivity index (χ0) is 0. The molecule has 0 aliphatic heterocycles. The summed E-state index contributed by atoms with van der Waals surface area (Å²) in [5.74, 6) is 0. The third-order valence-electron chi connectivity index (χ3n) is 0. The fourth-order valence-corrected chi connectivity index (χ4v) is 0. The first kappa shape index (κ1) is 73.6. The molecule has 30 valence electrons. The molecule has 6 N–H and O–H groups in total. The van der Waals surface area contributed by atoms with E-state index in [4.69, 9.17) is 0 Å². The van der Waals surface area contributed by atoms with Crippen molar-refractivity contribution in [3.05, 3.63) is 0 Å². The molecule has 0 aromatic heterocycles. The van der Waals surface area contributed by atoms with Crippen molar-refractivity contribution >= 4 is 59.1 Å². The average Bonchev–Trinajstić information content (AvgIpc) is 0. The first-order valence-corrected chi connectivity index (χ1v) is 0. The number of rotatable bonds is 0. The molecule has 0 aliphatic rings. The SMILES string of the molecule is O.O.O.[Na].[Na].[Ti]. The van der Waals surface area contributed by atoms with E-state index >= 15 is 0 Å². The van der Waals surface area contributed by atoms with E-state index in [0.717, 1.165) is 0 Å². The topological polar surface area (TPSA) is 94.5 Å². The smallest absolute Gasteiger partial charge is 0 e. The van der Waals surface area contributed by atoms with Crippen LogP contribution < -0.4 is 0 Å². The molecule has 0 aliphatic carbocycles. The second kappa shape index (κ2) is 49.1. The molecule has 0 amide bonds. The Morgan fingerprint density at radius 1 is 0.500 bits per heavy atom. The molecule has 0 heterocycles. The molecule has 0 unspecified atom stereocenters. The maximum absolute atomic E-state index is 0. The first-order valence-electron chi connectivity index (χ1n) is 0. The molecule has 0 aromatic rings. The minimum Gasteiger partial charge on any atom is -0.412 e. The average molecular weight is 148 g/mol. The quantitative estimate of drug-likeness (QED) is 0.322. The van der Waals surface area contributed by atoms with Gasteiger partial charge in [-0.1, -0.05) is 0 Å². The van der Waals surface area contributed by atoms with Gasteiger partial charge >= 0.3 is 0 Å². The summed E-state index contributed by atoms with van der Waals surface area (Å²) >= 11 is 0. The number of hydrogen-bond donors (Lipinski definition) is 0. The summed E-state index contributed by atoms with van der Waals surface area (Å²) in [6.07, 6.45) is 0. The van der Waals surface area contributed by atoms with Crippen molar-refractivity contribution in [2.75, 3.05) is 0 Å². The summed E-state index contributed by atoms with van der Waals surface area (Å²) in [5, 5.41) is 0. The van der Waals surface area contributed by atoms with E-state index < -0.39 is 0 Å². The zero-order valence-electron chi connectivity index (χ0n) is 4.00. The van der Waals surface area contributed by atoms with Crippen LogP contribution in [0.15, 0.2) is 0 Å². The van der Waals surface area contributed by atoms with E-state index in [0.29, 0.717) is 0 Å². The van der Waals surface area contributed by atoms with Crippen LogP contribution in [0.25, 0.3) is 0 Å². The predicted molar refractivity (Wildman–Crippen MR) is 22.3 cm³/mol. The fraction of sp³-hybridized carbons (Fsp3) is 0. The summed E-state index contributed by atoms with van der Waals surface area (Å²) < 4.78 is 0.